The zero-order valence-corrected chi connectivity index (χ0v) is 15.9. The molecule has 7 heteroatoms. The van der Waals surface area contributed by atoms with Crippen LogP contribution in [0.2, 0.25) is 5.02 Å². The lowest BCUT2D eigenvalue weighted by Crippen LogP contribution is -2.49. The van der Waals surface area contributed by atoms with Crippen molar-refractivity contribution in [2.24, 2.45) is 0 Å². The maximum absolute atomic E-state index is 12.4. The highest BCUT2D eigenvalue weighted by Gasteiger charge is 2.26. The van der Waals surface area contributed by atoms with Crippen molar-refractivity contribution in [3.63, 3.8) is 0 Å². The SMILES string of the molecule is CC(Oc1ccc(Cl)cc1)C(=O)NC1CCN(C(=O)c2ccncc2)CC1. The fraction of sp³-hybridized carbons (Fsp3) is 0.350. The molecular formula is C20H22ClN3O3. The summed E-state index contributed by atoms with van der Waals surface area (Å²) in [6, 6.07) is 10.4. The highest BCUT2D eigenvalue weighted by Crippen LogP contribution is 2.18. The van der Waals surface area contributed by atoms with Gasteiger partial charge in [0.2, 0.25) is 0 Å². The molecule has 1 fully saturated rings. The molecule has 1 saturated heterocycles. The normalized spacial score (nSPS) is 15.9. The van der Waals surface area contributed by atoms with Crippen molar-refractivity contribution < 1.29 is 14.3 Å². The zero-order valence-electron chi connectivity index (χ0n) is 15.1. The van der Waals surface area contributed by atoms with Crippen molar-refractivity contribution >= 4 is 23.4 Å². The summed E-state index contributed by atoms with van der Waals surface area (Å²) in [5, 5.41) is 3.63. The monoisotopic (exact) mass is 387 g/mol. The van der Waals surface area contributed by atoms with Crippen LogP contribution in [0.5, 0.6) is 5.75 Å². The van der Waals surface area contributed by atoms with Gasteiger partial charge in [0, 0.05) is 42.1 Å². The fourth-order valence-electron chi connectivity index (χ4n) is 2.99. The number of aromatic nitrogens is 1. The lowest BCUT2D eigenvalue weighted by atomic mass is 10.0. The van der Waals surface area contributed by atoms with E-state index in [0.717, 1.165) is 12.8 Å². The minimum Gasteiger partial charge on any atom is -0.481 e. The molecule has 142 valence electrons. The third-order valence-corrected chi connectivity index (χ3v) is 4.80. The van der Waals surface area contributed by atoms with Gasteiger partial charge in [-0.3, -0.25) is 14.6 Å². The van der Waals surface area contributed by atoms with Crippen LogP contribution in [0, 0.1) is 0 Å². The third-order valence-electron chi connectivity index (χ3n) is 4.55. The summed E-state index contributed by atoms with van der Waals surface area (Å²) in [6.07, 6.45) is 4.06. The Morgan fingerprint density at radius 2 is 1.78 bits per heavy atom. The molecule has 0 radical (unpaired) electrons. The second-order valence-electron chi connectivity index (χ2n) is 6.52. The van der Waals surface area contributed by atoms with Crippen LogP contribution in [0.3, 0.4) is 0 Å². The van der Waals surface area contributed by atoms with Crippen LogP contribution >= 0.6 is 11.6 Å². The number of amides is 2. The second-order valence-corrected chi connectivity index (χ2v) is 6.96. The minimum atomic E-state index is -0.609. The number of nitrogens with zero attached hydrogens (tertiary/aromatic N) is 2. The molecular weight excluding hydrogens is 366 g/mol. The summed E-state index contributed by atoms with van der Waals surface area (Å²) < 4.78 is 5.65. The predicted octanol–water partition coefficient (Wildman–Crippen LogP) is 2.92. The number of hydrogen-bond donors (Lipinski definition) is 1. The molecule has 0 saturated carbocycles. The van der Waals surface area contributed by atoms with Crippen LogP contribution in [0.15, 0.2) is 48.8 Å². The van der Waals surface area contributed by atoms with Crippen molar-refractivity contribution in [3.05, 3.63) is 59.4 Å². The van der Waals surface area contributed by atoms with E-state index in [9.17, 15) is 9.59 Å². The summed E-state index contributed by atoms with van der Waals surface area (Å²) in [5.41, 5.74) is 0.637. The zero-order chi connectivity index (χ0) is 19.2. The molecule has 1 aromatic carbocycles. The topological polar surface area (TPSA) is 71.5 Å². The molecule has 27 heavy (non-hydrogen) atoms. The van der Waals surface area contributed by atoms with Gasteiger partial charge in [-0.25, -0.2) is 0 Å². The van der Waals surface area contributed by atoms with E-state index >= 15 is 0 Å². The molecule has 1 aromatic heterocycles. The van der Waals surface area contributed by atoms with Gasteiger partial charge in [-0.1, -0.05) is 11.6 Å². The first-order chi connectivity index (χ1) is 13.0. The molecule has 2 heterocycles. The lowest BCUT2D eigenvalue weighted by Gasteiger charge is -2.33. The van der Waals surface area contributed by atoms with Gasteiger partial charge in [-0.2, -0.15) is 0 Å². The maximum Gasteiger partial charge on any atom is 0.260 e. The van der Waals surface area contributed by atoms with Gasteiger partial charge in [-0.05, 0) is 56.2 Å². The van der Waals surface area contributed by atoms with Gasteiger partial charge < -0.3 is 15.0 Å². The Kier molecular flexibility index (Phi) is 6.29. The number of likely N-dealkylation sites (tertiary alicyclic amines) is 1. The highest BCUT2D eigenvalue weighted by molar-refractivity contribution is 6.30. The molecule has 1 atom stereocenters. The summed E-state index contributed by atoms with van der Waals surface area (Å²) >= 11 is 5.85. The minimum absolute atomic E-state index is 0.00150. The Morgan fingerprint density at radius 1 is 1.15 bits per heavy atom. The van der Waals surface area contributed by atoms with Crippen molar-refractivity contribution in [1.82, 2.24) is 15.2 Å². The second kappa shape index (κ2) is 8.86. The number of carbonyl (C=O) groups excluding carboxylic acids is 2. The van der Waals surface area contributed by atoms with Crippen molar-refractivity contribution in [3.8, 4) is 5.75 Å². The van der Waals surface area contributed by atoms with E-state index < -0.39 is 6.10 Å². The Bertz CT molecular complexity index is 775. The molecule has 1 unspecified atom stereocenters. The average Bonchev–Trinajstić information content (AvgIpc) is 2.70. The first kappa shape index (κ1) is 19.2. The molecule has 1 aliphatic rings. The number of rotatable bonds is 5. The van der Waals surface area contributed by atoms with E-state index in [4.69, 9.17) is 16.3 Å². The summed E-state index contributed by atoms with van der Waals surface area (Å²) in [7, 11) is 0. The van der Waals surface area contributed by atoms with E-state index in [2.05, 4.69) is 10.3 Å². The molecule has 0 bridgehead atoms. The summed E-state index contributed by atoms with van der Waals surface area (Å²) in [5.74, 6) is 0.435. The first-order valence-corrected chi connectivity index (χ1v) is 9.32. The van der Waals surface area contributed by atoms with Gasteiger partial charge in [0.1, 0.15) is 5.75 Å². The fourth-order valence-corrected chi connectivity index (χ4v) is 3.12. The van der Waals surface area contributed by atoms with Crippen molar-refractivity contribution in [1.29, 1.82) is 0 Å². The number of piperidine rings is 1. The van der Waals surface area contributed by atoms with Crippen molar-refractivity contribution in [2.45, 2.75) is 31.9 Å². The third kappa shape index (κ3) is 5.20. The van der Waals surface area contributed by atoms with E-state index in [1.807, 2.05) is 4.90 Å². The predicted molar refractivity (Wildman–Crippen MR) is 103 cm³/mol. The first-order valence-electron chi connectivity index (χ1n) is 8.95. The lowest BCUT2D eigenvalue weighted by molar-refractivity contribution is -0.128. The number of benzene rings is 1. The van der Waals surface area contributed by atoms with E-state index in [1.54, 1.807) is 55.7 Å². The molecule has 2 amide bonds. The van der Waals surface area contributed by atoms with Crippen molar-refractivity contribution in [2.75, 3.05) is 13.1 Å². The van der Waals surface area contributed by atoms with Crippen LogP contribution in [0.1, 0.15) is 30.1 Å². The van der Waals surface area contributed by atoms with Crippen LogP contribution in [0.25, 0.3) is 0 Å². The van der Waals surface area contributed by atoms with Crippen LogP contribution < -0.4 is 10.1 Å². The number of halogens is 1. The Balaban J connectivity index is 1.46. The molecule has 1 aliphatic heterocycles. The Hall–Kier alpha value is -2.60. The van der Waals surface area contributed by atoms with E-state index in [-0.39, 0.29) is 17.9 Å². The summed E-state index contributed by atoms with van der Waals surface area (Å²) in [4.78, 5) is 30.6. The number of carbonyl (C=O) groups is 2. The quantitative estimate of drug-likeness (QED) is 0.856. The highest BCUT2D eigenvalue weighted by atomic mass is 35.5. The molecule has 3 rings (SSSR count). The van der Waals surface area contributed by atoms with Gasteiger partial charge in [-0.15, -0.1) is 0 Å². The van der Waals surface area contributed by atoms with Gasteiger partial charge in [0.05, 0.1) is 0 Å². The molecule has 6 nitrogen and oxygen atoms in total. The Labute approximate surface area is 163 Å². The van der Waals surface area contributed by atoms with E-state index in [1.165, 1.54) is 0 Å². The average molecular weight is 388 g/mol. The van der Waals surface area contributed by atoms with Crippen LogP contribution in [-0.4, -0.2) is 46.9 Å². The number of hydrogen-bond acceptors (Lipinski definition) is 4. The van der Waals surface area contributed by atoms with Gasteiger partial charge in [0.15, 0.2) is 6.10 Å². The maximum atomic E-state index is 12.4. The number of nitrogens with one attached hydrogen (secondary N) is 1. The smallest absolute Gasteiger partial charge is 0.260 e. The standard InChI is InChI=1S/C20H22ClN3O3/c1-14(27-18-4-2-16(21)3-5-18)19(25)23-17-8-12-24(13-9-17)20(26)15-6-10-22-11-7-15/h2-7,10-11,14,17H,8-9,12-13H2,1H3,(H,23,25). The largest absolute Gasteiger partial charge is 0.481 e. The van der Waals surface area contributed by atoms with Crippen LogP contribution in [0.4, 0.5) is 0 Å². The number of pyridine rings is 1. The number of ether oxygens (including phenoxy) is 1. The molecule has 2 aromatic rings. The molecule has 0 aliphatic carbocycles. The Morgan fingerprint density at radius 3 is 2.41 bits per heavy atom. The molecule has 0 spiro atoms. The van der Waals surface area contributed by atoms with E-state index in [0.29, 0.717) is 29.4 Å². The summed E-state index contributed by atoms with van der Waals surface area (Å²) in [6.45, 7) is 2.93. The molecule has 1 N–H and O–H groups in total. The van der Waals surface area contributed by atoms with Gasteiger partial charge in [0.25, 0.3) is 11.8 Å². The van der Waals surface area contributed by atoms with Gasteiger partial charge >= 0.3 is 0 Å². The van der Waals surface area contributed by atoms with Crippen LogP contribution in [-0.2, 0) is 4.79 Å².